The van der Waals surface area contributed by atoms with Crippen LogP contribution in [-0.2, 0) is 4.79 Å². The molecule has 2 N–H and O–H groups in total. The highest BCUT2D eigenvalue weighted by Crippen LogP contribution is 2.27. The number of nitrogens with zero attached hydrogens (tertiary/aromatic N) is 2. The van der Waals surface area contributed by atoms with Crippen LogP contribution in [0.25, 0.3) is 10.6 Å². The highest BCUT2D eigenvalue weighted by molar-refractivity contribution is 7.18. The van der Waals surface area contributed by atoms with E-state index < -0.39 is 5.41 Å². The van der Waals surface area contributed by atoms with E-state index in [-0.39, 0.29) is 11.8 Å². The maximum absolute atomic E-state index is 12.7. The third-order valence-electron chi connectivity index (χ3n) is 3.77. The summed E-state index contributed by atoms with van der Waals surface area (Å²) in [4.78, 5) is 25.0. The molecule has 7 heteroatoms. The standard InChI is InChI=1S/C20H20N4O2S/c1-20(2,3)18(26)21-15-12-8-7-11-14(15)16(25)22-19-24-23-17(27-19)13-9-5-4-6-10-13/h4-12H,1-3H3,(H,21,26)(H,22,24,25). The Labute approximate surface area is 161 Å². The van der Waals surface area contributed by atoms with Gasteiger partial charge < -0.3 is 5.32 Å². The molecule has 0 aliphatic carbocycles. The Hall–Kier alpha value is -3.06. The second-order valence-electron chi connectivity index (χ2n) is 6.98. The van der Waals surface area contributed by atoms with Crippen molar-refractivity contribution in [2.24, 2.45) is 5.41 Å². The molecule has 1 heterocycles. The molecule has 27 heavy (non-hydrogen) atoms. The normalized spacial score (nSPS) is 11.1. The zero-order valence-corrected chi connectivity index (χ0v) is 16.1. The molecule has 0 unspecified atom stereocenters. The molecule has 1 aromatic heterocycles. The fourth-order valence-electron chi connectivity index (χ4n) is 2.24. The van der Waals surface area contributed by atoms with Crippen LogP contribution in [0.5, 0.6) is 0 Å². The van der Waals surface area contributed by atoms with Gasteiger partial charge in [0.25, 0.3) is 5.91 Å². The van der Waals surface area contributed by atoms with Gasteiger partial charge in [0.2, 0.25) is 11.0 Å². The van der Waals surface area contributed by atoms with Crippen LogP contribution in [0.2, 0.25) is 0 Å². The van der Waals surface area contributed by atoms with E-state index in [1.54, 1.807) is 24.3 Å². The molecule has 2 amide bonds. The van der Waals surface area contributed by atoms with Gasteiger partial charge in [0.15, 0.2) is 0 Å². The molecular formula is C20H20N4O2S. The van der Waals surface area contributed by atoms with Crippen LogP contribution in [0.4, 0.5) is 10.8 Å². The quantitative estimate of drug-likeness (QED) is 0.701. The average molecular weight is 380 g/mol. The summed E-state index contributed by atoms with van der Waals surface area (Å²) in [6.07, 6.45) is 0. The molecule has 138 valence electrons. The summed E-state index contributed by atoms with van der Waals surface area (Å²) >= 11 is 1.29. The monoisotopic (exact) mass is 380 g/mol. The van der Waals surface area contributed by atoms with E-state index in [1.165, 1.54) is 11.3 Å². The van der Waals surface area contributed by atoms with E-state index in [4.69, 9.17) is 0 Å². The molecule has 6 nitrogen and oxygen atoms in total. The summed E-state index contributed by atoms with van der Waals surface area (Å²) < 4.78 is 0. The number of rotatable bonds is 4. The van der Waals surface area contributed by atoms with Crippen LogP contribution in [0, 0.1) is 5.41 Å². The van der Waals surface area contributed by atoms with Gasteiger partial charge in [0.05, 0.1) is 11.3 Å². The number of para-hydroxylation sites is 1. The van der Waals surface area contributed by atoms with Crippen LogP contribution >= 0.6 is 11.3 Å². The molecule has 0 aliphatic rings. The number of amides is 2. The molecule has 0 atom stereocenters. The highest BCUT2D eigenvalue weighted by Gasteiger charge is 2.23. The van der Waals surface area contributed by atoms with Crippen molar-refractivity contribution in [2.45, 2.75) is 20.8 Å². The largest absolute Gasteiger partial charge is 0.325 e. The Bertz CT molecular complexity index is 961. The maximum Gasteiger partial charge on any atom is 0.259 e. The van der Waals surface area contributed by atoms with Gasteiger partial charge in [0.1, 0.15) is 5.01 Å². The number of hydrogen-bond acceptors (Lipinski definition) is 5. The van der Waals surface area contributed by atoms with Crippen molar-refractivity contribution in [3.8, 4) is 10.6 Å². The van der Waals surface area contributed by atoms with Crippen LogP contribution < -0.4 is 10.6 Å². The Kier molecular flexibility index (Phi) is 5.32. The molecule has 0 bridgehead atoms. The fraction of sp³-hybridized carbons (Fsp3) is 0.200. The van der Waals surface area contributed by atoms with Gasteiger partial charge in [-0.05, 0) is 12.1 Å². The van der Waals surface area contributed by atoms with Crippen molar-refractivity contribution in [3.63, 3.8) is 0 Å². The first-order valence-electron chi connectivity index (χ1n) is 8.45. The fourth-order valence-corrected chi connectivity index (χ4v) is 2.98. The number of nitrogens with one attached hydrogen (secondary N) is 2. The van der Waals surface area contributed by atoms with Crippen molar-refractivity contribution < 1.29 is 9.59 Å². The summed E-state index contributed by atoms with van der Waals surface area (Å²) in [5, 5.41) is 14.9. The molecule has 0 saturated heterocycles. The van der Waals surface area contributed by atoms with Crippen LogP contribution in [0.1, 0.15) is 31.1 Å². The lowest BCUT2D eigenvalue weighted by molar-refractivity contribution is -0.123. The zero-order chi connectivity index (χ0) is 19.4. The molecule has 0 radical (unpaired) electrons. The van der Waals surface area contributed by atoms with Gasteiger partial charge in [-0.25, -0.2) is 0 Å². The van der Waals surface area contributed by atoms with E-state index in [9.17, 15) is 9.59 Å². The van der Waals surface area contributed by atoms with Gasteiger partial charge in [-0.1, -0.05) is 74.6 Å². The lowest BCUT2D eigenvalue weighted by Gasteiger charge is -2.19. The number of aromatic nitrogens is 2. The molecule has 0 saturated carbocycles. The first kappa shape index (κ1) is 18.7. The maximum atomic E-state index is 12.7. The lowest BCUT2D eigenvalue weighted by Crippen LogP contribution is -2.28. The summed E-state index contributed by atoms with van der Waals surface area (Å²) in [6.45, 7) is 5.45. The topological polar surface area (TPSA) is 84.0 Å². The molecule has 0 fully saturated rings. The second-order valence-corrected chi connectivity index (χ2v) is 7.96. The number of anilines is 2. The van der Waals surface area contributed by atoms with Gasteiger partial charge in [-0.3, -0.25) is 14.9 Å². The number of carbonyl (C=O) groups excluding carboxylic acids is 2. The van der Waals surface area contributed by atoms with Crippen molar-refractivity contribution in [2.75, 3.05) is 10.6 Å². The lowest BCUT2D eigenvalue weighted by atomic mass is 9.95. The molecule has 0 aliphatic heterocycles. The predicted molar refractivity (Wildman–Crippen MR) is 108 cm³/mol. The van der Waals surface area contributed by atoms with Crippen molar-refractivity contribution in [1.29, 1.82) is 0 Å². The number of benzene rings is 2. The van der Waals surface area contributed by atoms with Crippen LogP contribution in [-0.4, -0.2) is 22.0 Å². The molecule has 2 aromatic carbocycles. The minimum Gasteiger partial charge on any atom is -0.325 e. The van der Waals surface area contributed by atoms with Gasteiger partial charge >= 0.3 is 0 Å². The Morgan fingerprint density at radius 3 is 2.26 bits per heavy atom. The first-order valence-corrected chi connectivity index (χ1v) is 9.27. The molecule has 3 aromatic rings. The van der Waals surface area contributed by atoms with E-state index in [1.807, 2.05) is 51.1 Å². The average Bonchev–Trinajstić information content (AvgIpc) is 3.10. The summed E-state index contributed by atoms with van der Waals surface area (Å²) in [6, 6.07) is 16.5. The summed E-state index contributed by atoms with van der Waals surface area (Å²) in [7, 11) is 0. The van der Waals surface area contributed by atoms with Gasteiger partial charge in [-0.15, -0.1) is 10.2 Å². The number of carbonyl (C=O) groups is 2. The van der Waals surface area contributed by atoms with Gasteiger partial charge in [-0.2, -0.15) is 0 Å². The highest BCUT2D eigenvalue weighted by atomic mass is 32.1. The van der Waals surface area contributed by atoms with Gasteiger partial charge in [0, 0.05) is 11.0 Å². The van der Waals surface area contributed by atoms with E-state index >= 15 is 0 Å². The Morgan fingerprint density at radius 2 is 1.56 bits per heavy atom. The van der Waals surface area contributed by atoms with E-state index in [0.29, 0.717) is 16.4 Å². The van der Waals surface area contributed by atoms with Crippen LogP contribution in [0.3, 0.4) is 0 Å². The smallest absolute Gasteiger partial charge is 0.259 e. The summed E-state index contributed by atoms with van der Waals surface area (Å²) in [5.41, 5.74) is 1.20. The SMILES string of the molecule is CC(C)(C)C(=O)Nc1ccccc1C(=O)Nc1nnc(-c2ccccc2)s1. The third-order valence-corrected chi connectivity index (χ3v) is 4.66. The van der Waals surface area contributed by atoms with Crippen molar-refractivity contribution >= 4 is 34.0 Å². The van der Waals surface area contributed by atoms with Crippen LogP contribution in [0.15, 0.2) is 54.6 Å². The molecular weight excluding hydrogens is 360 g/mol. The second kappa shape index (κ2) is 7.67. The van der Waals surface area contributed by atoms with E-state index in [0.717, 1.165) is 10.6 Å². The van der Waals surface area contributed by atoms with Crippen molar-refractivity contribution in [1.82, 2.24) is 10.2 Å². The minimum absolute atomic E-state index is 0.162. The minimum atomic E-state index is -0.562. The zero-order valence-electron chi connectivity index (χ0n) is 15.3. The van der Waals surface area contributed by atoms with Crippen molar-refractivity contribution in [3.05, 3.63) is 60.2 Å². The number of hydrogen-bond donors (Lipinski definition) is 2. The molecule has 3 rings (SSSR count). The Morgan fingerprint density at radius 1 is 0.889 bits per heavy atom. The Balaban J connectivity index is 1.78. The molecule has 0 spiro atoms. The predicted octanol–water partition coefficient (Wildman–Crippen LogP) is 4.44. The first-order chi connectivity index (χ1) is 12.8. The third kappa shape index (κ3) is 4.57. The van der Waals surface area contributed by atoms with E-state index in [2.05, 4.69) is 20.8 Å². The summed E-state index contributed by atoms with van der Waals surface area (Å²) in [5.74, 6) is -0.513.